The summed E-state index contributed by atoms with van der Waals surface area (Å²) in [7, 11) is 0. The molecule has 194 valence electrons. The van der Waals surface area contributed by atoms with Gasteiger partial charge in [0.2, 0.25) is 0 Å². The molecule has 0 radical (unpaired) electrons. The maximum atomic E-state index is 13.6. The number of hydrogen-bond acceptors (Lipinski definition) is 1. The van der Waals surface area contributed by atoms with Crippen LogP contribution < -0.4 is 0 Å². The Morgan fingerprint density at radius 1 is 0.812 bits per heavy atom. The minimum absolute atomic E-state index is 0. The zero-order chi connectivity index (χ0) is 21.9. The lowest BCUT2D eigenvalue weighted by Crippen LogP contribution is -2.26. The van der Waals surface area contributed by atoms with Gasteiger partial charge >= 0.3 is 0 Å². The Morgan fingerprint density at radius 3 is 1.84 bits per heavy atom. The first-order valence-corrected chi connectivity index (χ1v) is 13.7. The van der Waals surface area contributed by atoms with Gasteiger partial charge in [-0.25, -0.2) is 4.39 Å². The topological polar surface area (TPSA) is 51.7 Å². The van der Waals surface area contributed by atoms with E-state index in [-0.39, 0.29) is 12.9 Å². The van der Waals surface area contributed by atoms with Gasteiger partial charge in [-0.1, -0.05) is 73.6 Å². The Bertz CT molecular complexity index is 427. The van der Waals surface area contributed by atoms with E-state index in [1.807, 2.05) is 0 Å². The Balaban J connectivity index is 0.000000565. The molecule has 3 fully saturated rings. The van der Waals surface area contributed by atoms with Crippen molar-refractivity contribution in [1.82, 2.24) is 0 Å². The van der Waals surface area contributed by atoms with E-state index in [1.54, 1.807) is 0 Å². The van der Waals surface area contributed by atoms with Gasteiger partial charge in [-0.15, -0.1) is 0 Å². The summed E-state index contributed by atoms with van der Waals surface area (Å²) < 4.78 is 13.6. The van der Waals surface area contributed by atoms with Crippen molar-refractivity contribution >= 4 is 0 Å². The summed E-state index contributed by atoms with van der Waals surface area (Å²) in [6.07, 6.45) is 18.7. The van der Waals surface area contributed by atoms with Crippen LogP contribution in [0.15, 0.2) is 0 Å². The fourth-order valence-electron chi connectivity index (χ4n) is 6.25. The second-order valence-corrected chi connectivity index (χ2v) is 11.5. The van der Waals surface area contributed by atoms with E-state index in [9.17, 15) is 4.39 Å². The maximum absolute atomic E-state index is 13.6. The lowest BCUT2D eigenvalue weighted by Gasteiger charge is -2.36. The van der Waals surface area contributed by atoms with Crippen molar-refractivity contribution in [3.63, 3.8) is 0 Å². The van der Waals surface area contributed by atoms with E-state index in [0.717, 1.165) is 55.3 Å². The number of halogens is 1. The molecule has 0 aromatic heterocycles. The van der Waals surface area contributed by atoms with E-state index in [0.29, 0.717) is 18.4 Å². The van der Waals surface area contributed by atoms with Crippen molar-refractivity contribution in [2.45, 2.75) is 138 Å². The van der Waals surface area contributed by atoms with Gasteiger partial charge in [-0.05, 0) is 99.2 Å². The van der Waals surface area contributed by atoms with Crippen molar-refractivity contribution in [3.8, 4) is 0 Å². The molecule has 3 aliphatic rings. The van der Waals surface area contributed by atoms with E-state index in [2.05, 4.69) is 27.7 Å². The van der Waals surface area contributed by atoms with Crippen molar-refractivity contribution in [2.24, 2.45) is 41.4 Å². The van der Waals surface area contributed by atoms with Crippen LogP contribution in [0.25, 0.3) is 0 Å². The highest BCUT2D eigenvalue weighted by atomic mass is 19.1. The summed E-state index contributed by atoms with van der Waals surface area (Å²) in [4.78, 5) is 0. The molecule has 0 aromatic rings. The molecule has 0 bridgehead atoms. The predicted octanol–water partition coefficient (Wildman–Crippen LogP) is 8.40. The van der Waals surface area contributed by atoms with Crippen LogP contribution >= 0.6 is 0 Å². The number of aliphatic hydroxyl groups is 1. The van der Waals surface area contributed by atoms with Gasteiger partial charge in [0.25, 0.3) is 0 Å². The smallest absolute Gasteiger partial charge is 0.103 e. The van der Waals surface area contributed by atoms with Crippen molar-refractivity contribution in [3.05, 3.63) is 0 Å². The fourth-order valence-corrected chi connectivity index (χ4v) is 6.25. The first kappa shape index (κ1) is 31.9. The van der Waals surface area contributed by atoms with Gasteiger partial charge in [0.1, 0.15) is 6.17 Å². The molecule has 3 rings (SSSR count). The second kappa shape index (κ2) is 17.3. The van der Waals surface area contributed by atoms with Crippen LogP contribution in [0, 0.1) is 41.4 Å². The van der Waals surface area contributed by atoms with Gasteiger partial charge < -0.3 is 10.6 Å². The van der Waals surface area contributed by atoms with E-state index < -0.39 is 6.17 Å². The molecular weight excluding hydrogens is 399 g/mol. The Labute approximate surface area is 200 Å². The van der Waals surface area contributed by atoms with Crippen LogP contribution in [0.3, 0.4) is 0 Å². The third kappa shape index (κ3) is 10.9. The third-order valence-electron chi connectivity index (χ3n) is 9.30. The molecule has 3 saturated carbocycles. The summed E-state index contributed by atoms with van der Waals surface area (Å²) in [5.74, 6) is 5.58. The SMILES string of the molecule is C.CC1CCC(C2CCC(CO)CC2)CC1.CC[C@@H](C)[C@H](C)CC[C@H]1CCCCC1F.O. The lowest BCUT2D eigenvalue weighted by molar-refractivity contribution is 0.119. The maximum Gasteiger partial charge on any atom is 0.103 e. The molecule has 2 nitrogen and oxygen atoms in total. The molecule has 0 saturated heterocycles. The quantitative estimate of drug-likeness (QED) is 0.409. The second-order valence-electron chi connectivity index (χ2n) is 11.5. The van der Waals surface area contributed by atoms with Gasteiger partial charge in [0, 0.05) is 6.61 Å². The summed E-state index contributed by atoms with van der Waals surface area (Å²) in [6.45, 7) is 9.72. The van der Waals surface area contributed by atoms with Crippen LogP contribution in [0.4, 0.5) is 4.39 Å². The molecule has 0 aromatic carbocycles. The largest absolute Gasteiger partial charge is 0.412 e. The monoisotopic (exact) mass is 458 g/mol. The molecule has 0 aliphatic heterocycles. The fraction of sp³-hybridized carbons (Fsp3) is 1.00. The average molecular weight is 459 g/mol. The predicted molar refractivity (Wildman–Crippen MR) is 139 cm³/mol. The number of hydrogen-bond donors (Lipinski definition) is 1. The summed E-state index contributed by atoms with van der Waals surface area (Å²) in [6, 6.07) is 0. The Kier molecular flexibility index (Phi) is 17.2. The van der Waals surface area contributed by atoms with E-state index in [4.69, 9.17) is 5.11 Å². The van der Waals surface area contributed by atoms with Crippen LogP contribution in [0.2, 0.25) is 0 Å². The zero-order valence-corrected chi connectivity index (χ0v) is 21.3. The molecule has 3 heteroatoms. The van der Waals surface area contributed by atoms with Crippen LogP contribution in [-0.2, 0) is 0 Å². The number of rotatable bonds is 7. The molecule has 1 unspecified atom stereocenters. The highest BCUT2D eigenvalue weighted by Crippen LogP contribution is 2.41. The molecular formula is C29H59FO2. The first-order chi connectivity index (χ1) is 14.4. The molecule has 0 heterocycles. The highest BCUT2D eigenvalue weighted by molar-refractivity contribution is 4.81. The van der Waals surface area contributed by atoms with Crippen molar-refractivity contribution in [2.75, 3.05) is 6.61 Å². The van der Waals surface area contributed by atoms with Gasteiger partial charge in [0.15, 0.2) is 0 Å². The van der Waals surface area contributed by atoms with Crippen LogP contribution in [0.1, 0.15) is 131 Å². The third-order valence-corrected chi connectivity index (χ3v) is 9.30. The first-order valence-electron chi connectivity index (χ1n) is 13.7. The van der Waals surface area contributed by atoms with Crippen molar-refractivity contribution < 1.29 is 15.0 Å². The zero-order valence-electron chi connectivity index (χ0n) is 21.3. The van der Waals surface area contributed by atoms with Crippen molar-refractivity contribution in [1.29, 1.82) is 0 Å². The Morgan fingerprint density at radius 2 is 1.34 bits per heavy atom. The van der Waals surface area contributed by atoms with Gasteiger partial charge in [0.05, 0.1) is 0 Å². The van der Waals surface area contributed by atoms with Crippen LogP contribution in [0.5, 0.6) is 0 Å². The number of aliphatic hydroxyl groups excluding tert-OH is 1. The molecule has 3 aliphatic carbocycles. The normalized spacial score (nSPS) is 34.7. The minimum atomic E-state index is -0.497. The highest BCUT2D eigenvalue weighted by Gasteiger charge is 2.29. The average Bonchev–Trinajstić information content (AvgIpc) is 2.79. The van der Waals surface area contributed by atoms with E-state index in [1.165, 1.54) is 70.6 Å². The molecule has 0 amide bonds. The standard InChI is InChI=1S/C14H27F.C14H26O.CH4.H2O/c1-4-11(2)12(3)9-10-13-7-5-6-8-14(13)15;1-11-2-6-13(7-3-11)14-8-4-12(10-15)5-9-14;;/h11-14H,4-10H2,1-3H3;11-15H,2-10H2,1H3;1H4;1H2/t11-,12-,13-,14?;;;/m1.../s1. The minimum Gasteiger partial charge on any atom is -0.412 e. The lowest BCUT2D eigenvalue weighted by atomic mass is 9.69. The molecule has 4 atom stereocenters. The Hall–Kier alpha value is -0.150. The van der Waals surface area contributed by atoms with E-state index >= 15 is 0 Å². The summed E-state index contributed by atoms with van der Waals surface area (Å²) in [5, 5.41) is 9.12. The van der Waals surface area contributed by atoms with Gasteiger partial charge in [-0.2, -0.15) is 0 Å². The summed E-state index contributed by atoms with van der Waals surface area (Å²) >= 11 is 0. The van der Waals surface area contributed by atoms with Crippen LogP contribution in [-0.4, -0.2) is 23.4 Å². The number of alkyl halides is 1. The molecule has 0 spiro atoms. The summed E-state index contributed by atoms with van der Waals surface area (Å²) in [5.41, 5.74) is 0. The molecule has 32 heavy (non-hydrogen) atoms. The molecule has 3 N–H and O–H groups in total. The van der Waals surface area contributed by atoms with Gasteiger partial charge in [-0.3, -0.25) is 0 Å².